The molecule has 5 fully saturated rings. The third-order valence-electron chi connectivity index (χ3n) is 7.05. The molecule has 5 rings (SSSR count). The summed E-state index contributed by atoms with van der Waals surface area (Å²) in [6, 6.07) is 0. The fourth-order valence-electron chi connectivity index (χ4n) is 6.15. The Morgan fingerprint density at radius 2 is 1.48 bits per heavy atom. The zero-order valence-corrected chi connectivity index (χ0v) is 14.7. The first-order valence-corrected chi connectivity index (χ1v) is 9.69. The predicted octanol–water partition coefficient (Wildman–Crippen LogP) is 1.47. The summed E-state index contributed by atoms with van der Waals surface area (Å²) in [7, 11) is 0. The van der Waals surface area contributed by atoms with E-state index in [9.17, 15) is 14.4 Å². The first-order valence-electron chi connectivity index (χ1n) is 9.69. The zero-order valence-electron chi connectivity index (χ0n) is 14.7. The van der Waals surface area contributed by atoms with Crippen molar-refractivity contribution in [3.8, 4) is 0 Å². The summed E-state index contributed by atoms with van der Waals surface area (Å²) in [4.78, 5) is 38.0. The molecule has 4 aliphatic carbocycles. The Hall–Kier alpha value is -1.59. The number of primary amides is 1. The molecule has 1 aliphatic heterocycles. The molecule has 0 spiro atoms. The highest BCUT2D eigenvalue weighted by Crippen LogP contribution is 2.60. The lowest BCUT2D eigenvalue weighted by Gasteiger charge is -2.55. The van der Waals surface area contributed by atoms with Crippen LogP contribution in [0.1, 0.15) is 51.4 Å². The third kappa shape index (κ3) is 3.15. The molecule has 4 saturated carbocycles. The lowest BCUT2D eigenvalue weighted by molar-refractivity contribution is -0.174. The number of esters is 1. The Balaban J connectivity index is 1.29. The first kappa shape index (κ1) is 16.9. The van der Waals surface area contributed by atoms with Gasteiger partial charge in [0.05, 0.1) is 5.41 Å². The minimum atomic E-state index is -0.312. The number of carbonyl (C=O) groups excluding carboxylic acids is 3. The summed E-state index contributed by atoms with van der Waals surface area (Å²) < 4.78 is 5.49. The molecule has 1 saturated heterocycles. The second-order valence-corrected chi connectivity index (χ2v) is 8.83. The summed E-state index contributed by atoms with van der Waals surface area (Å²) in [6.45, 7) is 0.866. The van der Waals surface area contributed by atoms with Crippen LogP contribution in [0.2, 0.25) is 0 Å². The fourth-order valence-corrected chi connectivity index (χ4v) is 6.15. The maximum atomic E-state index is 12.8. The van der Waals surface area contributed by atoms with Crippen molar-refractivity contribution in [2.75, 3.05) is 19.7 Å². The maximum absolute atomic E-state index is 12.8. The van der Waals surface area contributed by atoms with Gasteiger partial charge in [-0.2, -0.15) is 0 Å². The monoisotopic (exact) mass is 348 g/mol. The molecule has 6 nitrogen and oxygen atoms in total. The molecule has 0 aromatic carbocycles. The van der Waals surface area contributed by atoms with E-state index in [0.717, 1.165) is 19.3 Å². The highest BCUT2D eigenvalue weighted by atomic mass is 16.5. The van der Waals surface area contributed by atoms with E-state index in [1.54, 1.807) is 4.90 Å². The average molecular weight is 348 g/mol. The van der Waals surface area contributed by atoms with E-state index in [-0.39, 0.29) is 35.7 Å². The highest BCUT2D eigenvalue weighted by molar-refractivity contribution is 5.83. The molecular formula is C19H28N2O4. The van der Waals surface area contributed by atoms with Crippen molar-refractivity contribution in [1.82, 2.24) is 4.90 Å². The fraction of sp³-hybridized carbons (Fsp3) is 0.842. The minimum Gasteiger partial charge on any atom is -0.455 e. The van der Waals surface area contributed by atoms with E-state index in [0.29, 0.717) is 43.7 Å². The summed E-state index contributed by atoms with van der Waals surface area (Å²) in [6.07, 6.45) is 7.90. The molecule has 4 bridgehead atoms. The smallest absolute Gasteiger partial charge is 0.312 e. The molecule has 2 amide bonds. The van der Waals surface area contributed by atoms with Crippen molar-refractivity contribution in [3.63, 3.8) is 0 Å². The van der Waals surface area contributed by atoms with Crippen molar-refractivity contribution in [1.29, 1.82) is 0 Å². The average Bonchev–Trinajstić information content (AvgIpc) is 2.58. The van der Waals surface area contributed by atoms with Crippen LogP contribution in [0.3, 0.4) is 0 Å². The largest absolute Gasteiger partial charge is 0.455 e. The quantitative estimate of drug-likeness (QED) is 0.779. The minimum absolute atomic E-state index is 0.140. The Morgan fingerprint density at radius 3 is 1.96 bits per heavy atom. The van der Waals surface area contributed by atoms with E-state index in [1.807, 2.05) is 0 Å². The second-order valence-electron chi connectivity index (χ2n) is 8.83. The van der Waals surface area contributed by atoms with Gasteiger partial charge in [-0.15, -0.1) is 0 Å². The number of nitrogens with two attached hydrogens (primary N) is 1. The molecular weight excluding hydrogens is 320 g/mol. The van der Waals surface area contributed by atoms with Crippen LogP contribution in [0.4, 0.5) is 0 Å². The number of nitrogens with zero attached hydrogens (tertiary/aromatic N) is 1. The number of carbonyl (C=O) groups is 3. The number of hydrogen-bond donors (Lipinski definition) is 1. The highest BCUT2D eigenvalue weighted by Gasteiger charge is 2.55. The Bertz CT molecular complexity index is 545. The van der Waals surface area contributed by atoms with Gasteiger partial charge in [-0.25, -0.2) is 0 Å². The van der Waals surface area contributed by atoms with Gasteiger partial charge in [0.2, 0.25) is 5.91 Å². The van der Waals surface area contributed by atoms with Crippen molar-refractivity contribution in [3.05, 3.63) is 0 Å². The molecule has 0 aromatic heterocycles. The molecule has 0 atom stereocenters. The van der Waals surface area contributed by atoms with Gasteiger partial charge in [0.15, 0.2) is 6.61 Å². The molecule has 6 heteroatoms. The SMILES string of the molecule is NC(=O)C1CCN(C(=O)COC(=O)C23CC4CC(CC(C4)C2)C3)CC1. The van der Waals surface area contributed by atoms with E-state index < -0.39 is 0 Å². The molecule has 0 unspecified atom stereocenters. The predicted molar refractivity (Wildman–Crippen MR) is 90.1 cm³/mol. The van der Waals surface area contributed by atoms with Gasteiger partial charge < -0.3 is 15.4 Å². The van der Waals surface area contributed by atoms with Crippen molar-refractivity contribution >= 4 is 17.8 Å². The molecule has 0 aromatic rings. The van der Waals surface area contributed by atoms with Crippen molar-refractivity contribution in [2.24, 2.45) is 34.8 Å². The van der Waals surface area contributed by atoms with Crippen LogP contribution in [0.25, 0.3) is 0 Å². The van der Waals surface area contributed by atoms with Crippen LogP contribution >= 0.6 is 0 Å². The van der Waals surface area contributed by atoms with E-state index in [4.69, 9.17) is 10.5 Å². The molecule has 5 aliphatic rings. The molecule has 138 valence electrons. The van der Waals surface area contributed by atoms with Crippen molar-refractivity contribution < 1.29 is 19.1 Å². The van der Waals surface area contributed by atoms with Gasteiger partial charge in [-0.1, -0.05) is 0 Å². The molecule has 25 heavy (non-hydrogen) atoms. The van der Waals surface area contributed by atoms with Gasteiger partial charge in [0.1, 0.15) is 0 Å². The van der Waals surface area contributed by atoms with Gasteiger partial charge >= 0.3 is 5.97 Å². The van der Waals surface area contributed by atoms with Crippen LogP contribution in [-0.2, 0) is 19.1 Å². The Kier molecular flexibility index (Phi) is 4.24. The van der Waals surface area contributed by atoms with Crippen LogP contribution < -0.4 is 5.73 Å². The molecule has 0 radical (unpaired) electrons. The molecule has 1 heterocycles. The Labute approximate surface area is 148 Å². The number of hydrogen-bond acceptors (Lipinski definition) is 4. The van der Waals surface area contributed by atoms with Gasteiger partial charge in [-0.3, -0.25) is 14.4 Å². The summed E-state index contributed by atoms with van der Waals surface area (Å²) in [5.74, 6) is 1.32. The summed E-state index contributed by atoms with van der Waals surface area (Å²) in [5, 5.41) is 0. The summed E-state index contributed by atoms with van der Waals surface area (Å²) >= 11 is 0. The van der Waals surface area contributed by atoms with Gasteiger partial charge in [0, 0.05) is 19.0 Å². The van der Waals surface area contributed by atoms with Crippen LogP contribution in [0.15, 0.2) is 0 Å². The number of rotatable bonds is 4. The van der Waals surface area contributed by atoms with Gasteiger partial charge in [-0.05, 0) is 69.1 Å². The van der Waals surface area contributed by atoms with Gasteiger partial charge in [0.25, 0.3) is 5.91 Å². The first-order chi connectivity index (χ1) is 11.9. The Morgan fingerprint density at radius 1 is 0.960 bits per heavy atom. The topological polar surface area (TPSA) is 89.7 Å². The number of amides is 2. The molecule has 2 N–H and O–H groups in total. The van der Waals surface area contributed by atoms with E-state index in [1.165, 1.54) is 19.3 Å². The third-order valence-corrected chi connectivity index (χ3v) is 7.05. The normalized spacial score (nSPS) is 37.1. The zero-order chi connectivity index (χ0) is 17.6. The number of piperidine rings is 1. The van der Waals surface area contributed by atoms with E-state index in [2.05, 4.69) is 0 Å². The summed E-state index contributed by atoms with van der Waals surface area (Å²) in [5.41, 5.74) is 5.01. The number of ether oxygens (including phenoxy) is 1. The van der Waals surface area contributed by atoms with Crippen LogP contribution in [0, 0.1) is 29.1 Å². The maximum Gasteiger partial charge on any atom is 0.312 e. The standard InChI is InChI=1S/C19H28N2O4/c20-17(23)15-1-3-21(4-2-15)16(22)11-25-18(24)19-8-12-5-13(9-19)7-14(6-12)10-19/h12-15H,1-11H2,(H2,20,23). The van der Waals surface area contributed by atoms with Crippen molar-refractivity contribution in [2.45, 2.75) is 51.4 Å². The lowest BCUT2D eigenvalue weighted by atomic mass is 9.49. The number of likely N-dealkylation sites (tertiary alicyclic amines) is 1. The van der Waals surface area contributed by atoms with Crippen LogP contribution in [-0.4, -0.2) is 42.4 Å². The van der Waals surface area contributed by atoms with E-state index >= 15 is 0 Å². The van der Waals surface area contributed by atoms with Crippen LogP contribution in [0.5, 0.6) is 0 Å². The second kappa shape index (κ2) is 6.29. The lowest BCUT2D eigenvalue weighted by Crippen LogP contribution is -2.51.